The number of rotatable bonds is 5. The van der Waals surface area contributed by atoms with Crippen LogP contribution in [0.3, 0.4) is 0 Å². The van der Waals surface area contributed by atoms with Gasteiger partial charge < -0.3 is 19.9 Å². The molecular weight excluding hydrogens is 412 g/mol. The highest BCUT2D eigenvalue weighted by molar-refractivity contribution is 5.84. The van der Waals surface area contributed by atoms with Crippen LogP contribution in [0, 0.1) is 18.6 Å². The van der Waals surface area contributed by atoms with Crippen LogP contribution in [0.5, 0.6) is 5.75 Å². The van der Waals surface area contributed by atoms with Crippen molar-refractivity contribution in [3.63, 3.8) is 0 Å². The smallest absolute Gasteiger partial charge is 0.158 e. The van der Waals surface area contributed by atoms with Gasteiger partial charge in [0.2, 0.25) is 0 Å². The standard InChI is InChI=1S/C24H23F2N5O/c1-15-23(31-10-8-19(9-11-31)32-18-5-2-16(25)3-6-18)14-28-30-24(15)29-17-4-7-20-21(26)13-27-22(20)12-17/h2-7,12-14,19,27H,8-11H2,1H3,(H,29,30). The molecule has 5 rings (SSSR count). The number of anilines is 3. The third-order valence-electron chi connectivity index (χ3n) is 5.87. The number of ether oxygens (including phenoxy) is 1. The van der Waals surface area contributed by atoms with Crippen molar-refractivity contribution in [2.45, 2.75) is 25.9 Å². The summed E-state index contributed by atoms with van der Waals surface area (Å²) in [5.41, 5.74) is 3.54. The molecule has 164 valence electrons. The molecule has 0 saturated carbocycles. The van der Waals surface area contributed by atoms with E-state index in [1.807, 2.05) is 19.1 Å². The van der Waals surface area contributed by atoms with Gasteiger partial charge in [0.25, 0.3) is 0 Å². The summed E-state index contributed by atoms with van der Waals surface area (Å²) in [7, 11) is 0. The maximum Gasteiger partial charge on any atom is 0.158 e. The van der Waals surface area contributed by atoms with Crippen LogP contribution in [-0.2, 0) is 0 Å². The van der Waals surface area contributed by atoms with Gasteiger partial charge in [0.05, 0.1) is 17.4 Å². The second-order valence-electron chi connectivity index (χ2n) is 7.98. The Labute approximate surface area is 184 Å². The van der Waals surface area contributed by atoms with Gasteiger partial charge in [-0.25, -0.2) is 8.78 Å². The van der Waals surface area contributed by atoms with Gasteiger partial charge in [0.1, 0.15) is 23.5 Å². The Kier molecular flexibility index (Phi) is 5.34. The third kappa shape index (κ3) is 4.08. The number of fused-ring (bicyclic) bond motifs is 1. The van der Waals surface area contributed by atoms with Gasteiger partial charge in [0.15, 0.2) is 5.82 Å². The van der Waals surface area contributed by atoms with E-state index in [0.29, 0.717) is 17.0 Å². The Morgan fingerprint density at radius 2 is 1.88 bits per heavy atom. The molecule has 0 radical (unpaired) electrons. The molecule has 2 aromatic carbocycles. The number of piperidine rings is 1. The number of aromatic amines is 1. The quantitative estimate of drug-likeness (QED) is 0.443. The number of nitrogens with zero attached hydrogens (tertiary/aromatic N) is 3. The van der Waals surface area contributed by atoms with Gasteiger partial charge in [-0.2, -0.15) is 5.10 Å². The number of halogens is 2. The van der Waals surface area contributed by atoms with E-state index in [9.17, 15) is 8.78 Å². The number of aromatic nitrogens is 3. The maximum absolute atomic E-state index is 13.7. The minimum atomic E-state index is -0.267. The van der Waals surface area contributed by atoms with Crippen LogP contribution in [0.2, 0.25) is 0 Å². The summed E-state index contributed by atoms with van der Waals surface area (Å²) in [6.07, 6.45) is 4.94. The number of hydrogen-bond acceptors (Lipinski definition) is 5. The van der Waals surface area contributed by atoms with Gasteiger partial charge >= 0.3 is 0 Å². The van der Waals surface area contributed by atoms with Crippen LogP contribution in [0.25, 0.3) is 10.9 Å². The van der Waals surface area contributed by atoms with Crippen molar-refractivity contribution in [1.82, 2.24) is 15.2 Å². The Morgan fingerprint density at radius 1 is 1.09 bits per heavy atom. The van der Waals surface area contributed by atoms with Gasteiger partial charge in [-0.15, -0.1) is 5.10 Å². The lowest BCUT2D eigenvalue weighted by Gasteiger charge is -2.34. The van der Waals surface area contributed by atoms with E-state index in [1.54, 1.807) is 24.4 Å². The van der Waals surface area contributed by atoms with E-state index in [-0.39, 0.29) is 17.7 Å². The van der Waals surface area contributed by atoms with Crippen LogP contribution in [-0.4, -0.2) is 34.4 Å². The number of hydrogen-bond donors (Lipinski definition) is 2. The molecule has 1 fully saturated rings. The molecule has 8 heteroatoms. The van der Waals surface area contributed by atoms with Gasteiger partial charge in [-0.05, 0) is 49.4 Å². The number of H-pyrrole nitrogens is 1. The molecule has 1 aliphatic rings. The summed E-state index contributed by atoms with van der Waals surface area (Å²) < 4.78 is 32.8. The highest BCUT2D eigenvalue weighted by Gasteiger charge is 2.23. The molecule has 0 spiro atoms. The summed E-state index contributed by atoms with van der Waals surface area (Å²) in [6.45, 7) is 3.66. The molecular formula is C24H23F2N5O. The minimum absolute atomic E-state index is 0.0947. The predicted octanol–water partition coefficient (Wildman–Crippen LogP) is 5.34. The lowest BCUT2D eigenvalue weighted by atomic mass is 10.1. The van der Waals surface area contributed by atoms with E-state index in [1.165, 1.54) is 18.3 Å². The molecule has 0 unspecified atom stereocenters. The van der Waals surface area contributed by atoms with E-state index in [0.717, 1.165) is 48.4 Å². The lowest BCUT2D eigenvalue weighted by Crippen LogP contribution is -2.38. The van der Waals surface area contributed by atoms with Crippen LogP contribution >= 0.6 is 0 Å². The van der Waals surface area contributed by atoms with E-state index in [2.05, 4.69) is 25.4 Å². The van der Waals surface area contributed by atoms with Crippen molar-refractivity contribution in [3.05, 3.63) is 72.1 Å². The van der Waals surface area contributed by atoms with Crippen molar-refractivity contribution in [3.8, 4) is 5.75 Å². The average molecular weight is 435 g/mol. The van der Waals surface area contributed by atoms with Crippen LogP contribution < -0.4 is 15.0 Å². The first kappa shape index (κ1) is 20.2. The molecule has 2 N–H and O–H groups in total. The molecule has 0 atom stereocenters. The van der Waals surface area contributed by atoms with E-state index < -0.39 is 0 Å². The molecule has 4 aromatic rings. The van der Waals surface area contributed by atoms with Crippen molar-refractivity contribution in [1.29, 1.82) is 0 Å². The highest BCUT2D eigenvalue weighted by Crippen LogP contribution is 2.30. The first-order chi connectivity index (χ1) is 15.6. The predicted molar refractivity (Wildman–Crippen MR) is 121 cm³/mol. The molecule has 32 heavy (non-hydrogen) atoms. The topological polar surface area (TPSA) is 66.1 Å². The highest BCUT2D eigenvalue weighted by atomic mass is 19.1. The van der Waals surface area contributed by atoms with Gasteiger partial charge in [0, 0.05) is 48.8 Å². The monoisotopic (exact) mass is 435 g/mol. The van der Waals surface area contributed by atoms with Crippen molar-refractivity contribution >= 4 is 28.1 Å². The minimum Gasteiger partial charge on any atom is -0.490 e. The summed E-state index contributed by atoms with van der Waals surface area (Å²) >= 11 is 0. The second kappa shape index (κ2) is 8.45. The van der Waals surface area contributed by atoms with E-state index in [4.69, 9.17) is 4.74 Å². The van der Waals surface area contributed by atoms with Crippen LogP contribution in [0.4, 0.5) is 26.0 Å². The van der Waals surface area contributed by atoms with Gasteiger partial charge in [-0.1, -0.05) is 0 Å². The number of benzene rings is 2. The largest absolute Gasteiger partial charge is 0.490 e. The molecule has 0 amide bonds. The zero-order valence-corrected chi connectivity index (χ0v) is 17.6. The average Bonchev–Trinajstić information content (AvgIpc) is 3.17. The Balaban J connectivity index is 1.26. The molecule has 0 aliphatic carbocycles. The fourth-order valence-corrected chi connectivity index (χ4v) is 4.10. The first-order valence-electron chi connectivity index (χ1n) is 10.6. The molecule has 1 aliphatic heterocycles. The Bertz CT molecular complexity index is 1230. The SMILES string of the molecule is Cc1c(N2CCC(Oc3ccc(F)cc3)CC2)cnnc1Nc1ccc2c(F)c[nH]c2c1. The van der Waals surface area contributed by atoms with E-state index >= 15 is 0 Å². The Morgan fingerprint density at radius 3 is 2.66 bits per heavy atom. The lowest BCUT2D eigenvalue weighted by molar-refractivity contribution is 0.170. The molecule has 1 saturated heterocycles. The fourth-order valence-electron chi connectivity index (χ4n) is 4.10. The van der Waals surface area contributed by atoms with Crippen LogP contribution in [0.1, 0.15) is 18.4 Å². The molecule has 6 nitrogen and oxygen atoms in total. The van der Waals surface area contributed by atoms with Crippen molar-refractivity contribution in [2.75, 3.05) is 23.3 Å². The molecule has 0 bridgehead atoms. The zero-order valence-electron chi connectivity index (χ0n) is 17.6. The van der Waals surface area contributed by atoms with Crippen molar-refractivity contribution in [2.24, 2.45) is 0 Å². The van der Waals surface area contributed by atoms with Crippen LogP contribution in [0.15, 0.2) is 54.9 Å². The third-order valence-corrected chi connectivity index (χ3v) is 5.87. The number of nitrogens with one attached hydrogen (secondary N) is 2. The normalized spacial score (nSPS) is 14.7. The fraction of sp³-hybridized carbons (Fsp3) is 0.250. The zero-order chi connectivity index (χ0) is 22.1. The van der Waals surface area contributed by atoms with Gasteiger partial charge in [-0.3, -0.25) is 0 Å². The summed E-state index contributed by atoms with van der Waals surface area (Å²) in [5.74, 6) is 0.823. The van der Waals surface area contributed by atoms with Crippen molar-refractivity contribution < 1.29 is 13.5 Å². The molecule has 3 heterocycles. The summed E-state index contributed by atoms with van der Waals surface area (Å²) in [5, 5.41) is 12.3. The maximum atomic E-state index is 13.7. The molecule has 2 aromatic heterocycles. The first-order valence-corrected chi connectivity index (χ1v) is 10.6. The summed E-state index contributed by atoms with van der Waals surface area (Å²) in [4.78, 5) is 5.21. The second-order valence-corrected chi connectivity index (χ2v) is 7.98. The Hall–Kier alpha value is -3.68. The summed E-state index contributed by atoms with van der Waals surface area (Å²) in [6, 6.07) is 11.6.